The molecule has 0 spiro atoms. The second-order valence-electron chi connectivity index (χ2n) is 7.57. The minimum atomic E-state index is -0.505. The van der Waals surface area contributed by atoms with Crippen molar-refractivity contribution in [2.75, 3.05) is 39.3 Å². The Morgan fingerprint density at radius 2 is 1.33 bits per heavy atom. The number of hydrogen-bond acceptors (Lipinski definition) is 4. The van der Waals surface area contributed by atoms with E-state index >= 15 is 0 Å². The van der Waals surface area contributed by atoms with Crippen molar-refractivity contribution in [1.82, 2.24) is 14.7 Å². The molecule has 0 aromatic rings. The van der Waals surface area contributed by atoms with E-state index < -0.39 is 5.60 Å². The normalized spacial score (nSPS) is 20.1. The Bertz CT molecular complexity index is 485. The smallest absolute Gasteiger partial charge is 0.410 e. The van der Waals surface area contributed by atoms with Crippen LogP contribution in [-0.4, -0.2) is 77.5 Å². The Balaban J connectivity index is 1.79. The first kappa shape index (κ1) is 18.5. The maximum Gasteiger partial charge on any atom is 0.410 e. The van der Waals surface area contributed by atoms with Gasteiger partial charge in [0.1, 0.15) is 5.60 Å². The van der Waals surface area contributed by atoms with E-state index in [9.17, 15) is 14.4 Å². The monoisotopic (exact) mass is 339 g/mol. The number of piperidine rings is 1. The van der Waals surface area contributed by atoms with Gasteiger partial charge in [0.05, 0.1) is 0 Å². The molecule has 0 N–H and O–H groups in total. The number of piperazine rings is 1. The Morgan fingerprint density at radius 3 is 1.79 bits per heavy atom. The maximum atomic E-state index is 12.6. The molecule has 2 saturated heterocycles. The summed E-state index contributed by atoms with van der Waals surface area (Å²) in [5, 5.41) is 0. The molecule has 0 aromatic carbocycles. The van der Waals surface area contributed by atoms with Crippen LogP contribution < -0.4 is 0 Å². The van der Waals surface area contributed by atoms with Gasteiger partial charge in [-0.05, 0) is 33.6 Å². The van der Waals surface area contributed by atoms with Crippen LogP contribution in [0, 0.1) is 5.92 Å². The predicted molar refractivity (Wildman–Crippen MR) is 89.4 cm³/mol. The summed E-state index contributed by atoms with van der Waals surface area (Å²) < 4.78 is 5.37. The molecule has 0 aromatic heterocycles. The summed E-state index contributed by atoms with van der Waals surface area (Å²) in [6, 6.07) is 0. The second kappa shape index (κ2) is 7.40. The molecule has 0 aliphatic carbocycles. The Kier molecular flexibility index (Phi) is 5.72. The molecule has 3 amide bonds. The lowest BCUT2D eigenvalue weighted by Crippen LogP contribution is -2.53. The van der Waals surface area contributed by atoms with E-state index in [0.717, 1.165) is 12.8 Å². The van der Waals surface area contributed by atoms with Crippen LogP contribution in [0.5, 0.6) is 0 Å². The van der Waals surface area contributed by atoms with Crippen LogP contribution in [0.25, 0.3) is 0 Å². The third-order valence-electron chi connectivity index (χ3n) is 4.53. The van der Waals surface area contributed by atoms with Crippen molar-refractivity contribution in [3.8, 4) is 0 Å². The van der Waals surface area contributed by atoms with Crippen LogP contribution in [0.2, 0.25) is 0 Å². The molecule has 2 heterocycles. The lowest BCUT2D eigenvalue weighted by atomic mass is 9.95. The van der Waals surface area contributed by atoms with Crippen molar-refractivity contribution in [2.45, 2.75) is 46.1 Å². The molecule has 7 heteroatoms. The Morgan fingerprint density at radius 1 is 0.833 bits per heavy atom. The molecule has 0 radical (unpaired) electrons. The van der Waals surface area contributed by atoms with Gasteiger partial charge in [0.25, 0.3) is 0 Å². The number of nitrogens with zero attached hydrogens (tertiary/aromatic N) is 3. The van der Waals surface area contributed by atoms with Crippen molar-refractivity contribution >= 4 is 17.9 Å². The standard InChI is InChI=1S/C17H29N3O4/c1-13(21)18-7-5-14(6-8-18)15(22)19-9-11-20(12-10-19)16(23)24-17(2,3)4/h14H,5-12H2,1-4H3. The molecular formula is C17H29N3O4. The molecule has 24 heavy (non-hydrogen) atoms. The van der Waals surface area contributed by atoms with Crippen LogP contribution >= 0.6 is 0 Å². The fourth-order valence-corrected chi connectivity index (χ4v) is 3.14. The number of carbonyl (C=O) groups is 3. The van der Waals surface area contributed by atoms with Crippen LogP contribution in [0.1, 0.15) is 40.5 Å². The van der Waals surface area contributed by atoms with Crippen molar-refractivity contribution < 1.29 is 19.1 Å². The number of hydrogen-bond donors (Lipinski definition) is 0. The largest absolute Gasteiger partial charge is 0.444 e. The van der Waals surface area contributed by atoms with Gasteiger partial charge in [0.15, 0.2) is 0 Å². The van der Waals surface area contributed by atoms with Crippen molar-refractivity contribution in [3.63, 3.8) is 0 Å². The number of rotatable bonds is 1. The quantitative estimate of drug-likeness (QED) is 0.722. The van der Waals surface area contributed by atoms with Gasteiger partial charge in [-0.15, -0.1) is 0 Å². The summed E-state index contributed by atoms with van der Waals surface area (Å²) in [6.45, 7) is 10.5. The van der Waals surface area contributed by atoms with E-state index in [0.29, 0.717) is 39.3 Å². The van der Waals surface area contributed by atoms with Crippen molar-refractivity contribution in [2.24, 2.45) is 5.92 Å². The SMILES string of the molecule is CC(=O)N1CCC(C(=O)N2CCN(C(=O)OC(C)(C)C)CC2)CC1. The van der Waals surface area contributed by atoms with Crippen molar-refractivity contribution in [1.29, 1.82) is 0 Å². The summed E-state index contributed by atoms with van der Waals surface area (Å²) in [5.74, 6) is 0.225. The molecule has 7 nitrogen and oxygen atoms in total. The van der Waals surface area contributed by atoms with Gasteiger partial charge in [0.2, 0.25) is 11.8 Å². The van der Waals surface area contributed by atoms with Crippen LogP contribution in [0.3, 0.4) is 0 Å². The van der Waals surface area contributed by atoms with Gasteiger partial charge in [0, 0.05) is 52.1 Å². The highest BCUT2D eigenvalue weighted by Gasteiger charge is 2.32. The fourth-order valence-electron chi connectivity index (χ4n) is 3.14. The first-order chi connectivity index (χ1) is 11.2. The summed E-state index contributed by atoms with van der Waals surface area (Å²) in [5.41, 5.74) is -0.505. The summed E-state index contributed by atoms with van der Waals surface area (Å²) in [7, 11) is 0. The van der Waals surface area contributed by atoms with E-state index in [-0.39, 0.29) is 23.8 Å². The molecule has 0 saturated carbocycles. The predicted octanol–water partition coefficient (Wildman–Crippen LogP) is 1.32. The third-order valence-corrected chi connectivity index (χ3v) is 4.53. The van der Waals surface area contributed by atoms with Crippen LogP contribution in [-0.2, 0) is 14.3 Å². The molecular weight excluding hydrogens is 310 g/mol. The molecule has 0 atom stereocenters. The van der Waals surface area contributed by atoms with Crippen LogP contribution in [0.15, 0.2) is 0 Å². The number of likely N-dealkylation sites (tertiary alicyclic amines) is 1. The van der Waals surface area contributed by atoms with Gasteiger partial charge in [-0.3, -0.25) is 9.59 Å². The average Bonchev–Trinajstić information content (AvgIpc) is 2.53. The summed E-state index contributed by atoms with van der Waals surface area (Å²) >= 11 is 0. The zero-order valence-corrected chi connectivity index (χ0v) is 15.2. The molecule has 2 aliphatic heterocycles. The minimum absolute atomic E-state index is 0.00585. The highest BCUT2D eigenvalue weighted by molar-refractivity contribution is 5.80. The van der Waals surface area contributed by atoms with Gasteiger partial charge in [-0.1, -0.05) is 0 Å². The highest BCUT2D eigenvalue weighted by Crippen LogP contribution is 2.21. The van der Waals surface area contributed by atoms with Crippen LogP contribution in [0.4, 0.5) is 4.79 Å². The first-order valence-electron chi connectivity index (χ1n) is 8.69. The van der Waals surface area contributed by atoms with Gasteiger partial charge < -0.3 is 19.4 Å². The molecule has 0 unspecified atom stereocenters. The summed E-state index contributed by atoms with van der Waals surface area (Å²) in [6.07, 6.45) is 1.14. The van der Waals surface area contributed by atoms with E-state index in [1.807, 2.05) is 25.7 Å². The van der Waals surface area contributed by atoms with E-state index in [1.165, 1.54) is 0 Å². The minimum Gasteiger partial charge on any atom is -0.444 e. The topological polar surface area (TPSA) is 70.2 Å². The fraction of sp³-hybridized carbons (Fsp3) is 0.824. The highest BCUT2D eigenvalue weighted by atomic mass is 16.6. The first-order valence-corrected chi connectivity index (χ1v) is 8.69. The van der Waals surface area contributed by atoms with Crippen molar-refractivity contribution in [3.05, 3.63) is 0 Å². The second-order valence-corrected chi connectivity index (χ2v) is 7.57. The lowest BCUT2D eigenvalue weighted by Gasteiger charge is -2.38. The molecule has 2 rings (SSSR count). The molecule has 136 valence electrons. The summed E-state index contributed by atoms with van der Waals surface area (Å²) in [4.78, 5) is 41.3. The number of amides is 3. The van der Waals surface area contributed by atoms with Gasteiger partial charge >= 0.3 is 6.09 Å². The third kappa shape index (κ3) is 4.85. The van der Waals surface area contributed by atoms with E-state index in [4.69, 9.17) is 4.74 Å². The zero-order valence-electron chi connectivity index (χ0n) is 15.2. The maximum absolute atomic E-state index is 12.6. The Hall–Kier alpha value is -1.79. The molecule has 2 fully saturated rings. The number of ether oxygens (including phenoxy) is 1. The van der Waals surface area contributed by atoms with Gasteiger partial charge in [-0.2, -0.15) is 0 Å². The van der Waals surface area contributed by atoms with Gasteiger partial charge in [-0.25, -0.2) is 4.79 Å². The Labute approximate surface area is 143 Å². The zero-order chi connectivity index (χ0) is 17.9. The molecule has 0 bridgehead atoms. The molecule has 2 aliphatic rings. The van der Waals surface area contributed by atoms with E-state index in [1.54, 1.807) is 16.7 Å². The number of carbonyl (C=O) groups excluding carboxylic acids is 3. The lowest BCUT2D eigenvalue weighted by molar-refractivity contribution is -0.141. The average molecular weight is 339 g/mol. The van der Waals surface area contributed by atoms with E-state index in [2.05, 4.69) is 0 Å².